The van der Waals surface area contributed by atoms with E-state index in [1.165, 1.54) is 0 Å². The summed E-state index contributed by atoms with van der Waals surface area (Å²) in [5, 5.41) is 7.00. The van der Waals surface area contributed by atoms with Crippen LogP contribution in [0.4, 0.5) is 0 Å². The third-order valence-electron chi connectivity index (χ3n) is 0.981. The van der Waals surface area contributed by atoms with Crippen molar-refractivity contribution >= 4 is 0 Å². The van der Waals surface area contributed by atoms with Crippen molar-refractivity contribution in [2.75, 3.05) is 20.7 Å². The fourth-order valence-corrected chi connectivity index (χ4v) is 0.563. The standard InChI is InChI=1S/C6H9N.CH4O/c1-7-5-3-2-4-6-7;1-2/h2-5H,6H2,1H3;2H,1H3. The van der Waals surface area contributed by atoms with Gasteiger partial charge in [-0.1, -0.05) is 12.2 Å². The first-order chi connectivity index (χ1) is 4.39. The van der Waals surface area contributed by atoms with Crippen molar-refractivity contribution in [1.29, 1.82) is 0 Å². The fourth-order valence-electron chi connectivity index (χ4n) is 0.563. The fraction of sp³-hybridized carbons (Fsp3) is 0.429. The van der Waals surface area contributed by atoms with Gasteiger partial charge in [0.05, 0.1) is 0 Å². The van der Waals surface area contributed by atoms with E-state index < -0.39 is 0 Å². The number of aliphatic hydroxyl groups excluding tert-OH is 1. The van der Waals surface area contributed by atoms with Crippen molar-refractivity contribution in [3.63, 3.8) is 0 Å². The summed E-state index contributed by atoms with van der Waals surface area (Å²) < 4.78 is 0. The first kappa shape index (κ1) is 8.24. The van der Waals surface area contributed by atoms with Crippen LogP contribution in [0.25, 0.3) is 0 Å². The van der Waals surface area contributed by atoms with Gasteiger partial charge in [0.25, 0.3) is 0 Å². The molecule has 0 atom stereocenters. The van der Waals surface area contributed by atoms with E-state index in [-0.39, 0.29) is 0 Å². The molecule has 0 saturated heterocycles. The lowest BCUT2D eigenvalue weighted by atomic mass is 10.4. The van der Waals surface area contributed by atoms with Crippen molar-refractivity contribution in [2.45, 2.75) is 0 Å². The van der Waals surface area contributed by atoms with E-state index in [0.29, 0.717) is 0 Å². The molecule has 0 fully saturated rings. The van der Waals surface area contributed by atoms with Crippen LogP contribution in [0, 0.1) is 0 Å². The Hall–Kier alpha value is -0.760. The van der Waals surface area contributed by atoms with Crippen LogP contribution in [0.15, 0.2) is 24.4 Å². The molecule has 0 aromatic heterocycles. The van der Waals surface area contributed by atoms with Crippen LogP contribution >= 0.6 is 0 Å². The quantitative estimate of drug-likeness (QED) is 0.515. The van der Waals surface area contributed by atoms with Crippen LogP contribution in [0.3, 0.4) is 0 Å². The minimum Gasteiger partial charge on any atom is -0.400 e. The van der Waals surface area contributed by atoms with E-state index in [2.05, 4.69) is 30.3 Å². The second kappa shape index (κ2) is 5.38. The minimum absolute atomic E-state index is 1.00. The summed E-state index contributed by atoms with van der Waals surface area (Å²) in [4.78, 5) is 2.12. The molecule has 1 aliphatic heterocycles. The van der Waals surface area contributed by atoms with Gasteiger partial charge in [0.2, 0.25) is 0 Å². The van der Waals surface area contributed by atoms with E-state index in [0.717, 1.165) is 13.7 Å². The average molecular weight is 127 g/mol. The summed E-state index contributed by atoms with van der Waals surface area (Å²) in [5.74, 6) is 0. The highest BCUT2D eigenvalue weighted by molar-refractivity contribution is 5.07. The number of allylic oxidation sites excluding steroid dienone is 2. The van der Waals surface area contributed by atoms with Crippen molar-refractivity contribution in [3.8, 4) is 0 Å². The van der Waals surface area contributed by atoms with Gasteiger partial charge in [-0.15, -0.1) is 0 Å². The Kier molecular flexibility index (Phi) is 4.92. The molecule has 0 saturated carbocycles. The highest BCUT2D eigenvalue weighted by Crippen LogP contribution is 1.91. The largest absolute Gasteiger partial charge is 0.400 e. The van der Waals surface area contributed by atoms with Crippen LogP contribution in [-0.2, 0) is 0 Å². The molecule has 1 rings (SSSR count). The highest BCUT2D eigenvalue weighted by atomic mass is 16.2. The third-order valence-corrected chi connectivity index (χ3v) is 0.981. The molecular weight excluding hydrogens is 114 g/mol. The summed E-state index contributed by atoms with van der Waals surface area (Å²) in [6, 6.07) is 0. The van der Waals surface area contributed by atoms with E-state index in [1.54, 1.807) is 0 Å². The van der Waals surface area contributed by atoms with Crippen LogP contribution in [0.1, 0.15) is 0 Å². The van der Waals surface area contributed by atoms with E-state index in [9.17, 15) is 0 Å². The molecule has 0 radical (unpaired) electrons. The molecule has 0 aromatic carbocycles. The molecular formula is C7H13NO. The van der Waals surface area contributed by atoms with Gasteiger partial charge in [0.1, 0.15) is 0 Å². The zero-order valence-corrected chi connectivity index (χ0v) is 5.91. The van der Waals surface area contributed by atoms with Crippen LogP contribution in [0.2, 0.25) is 0 Å². The topological polar surface area (TPSA) is 23.5 Å². The van der Waals surface area contributed by atoms with Crippen molar-refractivity contribution in [2.24, 2.45) is 0 Å². The SMILES string of the molecule is CN1C=CC=CC1.CO. The molecule has 1 heterocycles. The molecule has 9 heavy (non-hydrogen) atoms. The maximum absolute atomic E-state index is 7.00. The molecule has 2 heteroatoms. The zero-order valence-electron chi connectivity index (χ0n) is 5.91. The average Bonchev–Trinajstić information content (AvgIpc) is 1.94. The molecule has 2 nitrogen and oxygen atoms in total. The van der Waals surface area contributed by atoms with Crippen molar-refractivity contribution in [1.82, 2.24) is 4.90 Å². The normalized spacial score (nSPS) is 14.8. The molecule has 0 amide bonds. The van der Waals surface area contributed by atoms with E-state index >= 15 is 0 Å². The molecule has 0 unspecified atom stereocenters. The lowest BCUT2D eigenvalue weighted by Crippen LogP contribution is -2.11. The molecule has 52 valence electrons. The lowest BCUT2D eigenvalue weighted by Gasteiger charge is -2.11. The zero-order chi connectivity index (χ0) is 7.11. The number of likely N-dealkylation sites (N-methyl/N-ethyl adjacent to an activating group) is 1. The first-order valence-corrected chi connectivity index (χ1v) is 2.88. The second-order valence-electron chi connectivity index (χ2n) is 1.71. The summed E-state index contributed by atoms with van der Waals surface area (Å²) >= 11 is 0. The van der Waals surface area contributed by atoms with Crippen LogP contribution < -0.4 is 0 Å². The molecule has 1 aliphatic rings. The van der Waals surface area contributed by atoms with Crippen LogP contribution in [0.5, 0.6) is 0 Å². The van der Waals surface area contributed by atoms with Gasteiger partial charge in [-0.25, -0.2) is 0 Å². The third kappa shape index (κ3) is 3.79. The highest BCUT2D eigenvalue weighted by Gasteiger charge is 1.86. The van der Waals surface area contributed by atoms with Gasteiger partial charge in [-0.2, -0.15) is 0 Å². The summed E-state index contributed by atoms with van der Waals surface area (Å²) in [6.45, 7) is 1.05. The molecule has 1 N–H and O–H groups in total. The van der Waals surface area contributed by atoms with Gasteiger partial charge in [0, 0.05) is 20.7 Å². The Morgan fingerprint density at radius 3 is 2.22 bits per heavy atom. The van der Waals surface area contributed by atoms with Crippen LogP contribution in [-0.4, -0.2) is 30.7 Å². The summed E-state index contributed by atoms with van der Waals surface area (Å²) in [7, 11) is 3.06. The molecule has 0 aliphatic carbocycles. The van der Waals surface area contributed by atoms with Gasteiger partial charge in [-0.05, 0) is 12.3 Å². The molecule has 0 aromatic rings. The van der Waals surface area contributed by atoms with Gasteiger partial charge in [-0.3, -0.25) is 0 Å². The molecule has 0 spiro atoms. The molecule has 0 bridgehead atoms. The predicted molar refractivity (Wildman–Crippen MR) is 39.1 cm³/mol. The number of rotatable bonds is 0. The Morgan fingerprint density at radius 1 is 1.33 bits per heavy atom. The Labute approximate surface area is 56.1 Å². The van der Waals surface area contributed by atoms with Gasteiger partial charge >= 0.3 is 0 Å². The van der Waals surface area contributed by atoms with E-state index in [1.807, 2.05) is 6.08 Å². The Balaban J connectivity index is 0.000000291. The monoisotopic (exact) mass is 127 g/mol. The lowest BCUT2D eigenvalue weighted by molar-refractivity contribution is 0.399. The maximum Gasteiger partial charge on any atom is 0.0353 e. The smallest absolute Gasteiger partial charge is 0.0353 e. The van der Waals surface area contributed by atoms with Crippen molar-refractivity contribution < 1.29 is 5.11 Å². The first-order valence-electron chi connectivity index (χ1n) is 2.88. The predicted octanol–water partition coefficient (Wildman–Crippen LogP) is 0.610. The number of nitrogens with zero attached hydrogens (tertiary/aromatic N) is 1. The summed E-state index contributed by atoms with van der Waals surface area (Å²) in [6.07, 6.45) is 8.27. The minimum atomic E-state index is 1.00. The Morgan fingerprint density at radius 2 is 2.00 bits per heavy atom. The van der Waals surface area contributed by atoms with E-state index in [4.69, 9.17) is 5.11 Å². The second-order valence-corrected chi connectivity index (χ2v) is 1.71. The maximum atomic E-state index is 7.00. The Bertz CT molecular complexity index is 107. The number of aliphatic hydroxyl groups is 1. The number of hydrogen-bond acceptors (Lipinski definition) is 2. The van der Waals surface area contributed by atoms with Gasteiger partial charge < -0.3 is 10.0 Å². The number of hydrogen-bond donors (Lipinski definition) is 1. The summed E-state index contributed by atoms with van der Waals surface area (Å²) in [5.41, 5.74) is 0. The van der Waals surface area contributed by atoms with Gasteiger partial charge in [0.15, 0.2) is 0 Å². The van der Waals surface area contributed by atoms with Crippen molar-refractivity contribution in [3.05, 3.63) is 24.4 Å².